The van der Waals surface area contributed by atoms with Crippen LogP contribution in [0.2, 0.25) is 0 Å². The van der Waals surface area contributed by atoms with Gasteiger partial charge in [-0.1, -0.05) is 96.6 Å². The summed E-state index contributed by atoms with van der Waals surface area (Å²) >= 11 is 0. The van der Waals surface area contributed by atoms with Gasteiger partial charge in [-0.05, 0) is 18.1 Å². The second-order valence-corrected chi connectivity index (χ2v) is 4.39. The summed E-state index contributed by atoms with van der Waals surface area (Å²) in [4.78, 5) is 0. The maximum Gasteiger partial charge on any atom is -0.0184 e. The van der Waals surface area contributed by atoms with Crippen LogP contribution in [0.5, 0.6) is 0 Å². The zero-order valence-electron chi connectivity index (χ0n) is 11.2. The van der Waals surface area contributed by atoms with Crippen LogP contribution >= 0.6 is 0 Å². The number of hydrogen-bond donors (Lipinski definition) is 0. The van der Waals surface area contributed by atoms with E-state index in [4.69, 9.17) is 0 Å². The summed E-state index contributed by atoms with van der Waals surface area (Å²) in [6.45, 7) is 2.08. The van der Waals surface area contributed by atoms with Gasteiger partial charge >= 0.3 is 29.6 Å². The summed E-state index contributed by atoms with van der Waals surface area (Å²) in [6.07, 6.45) is 0. The summed E-state index contributed by atoms with van der Waals surface area (Å²) in [6, 6.07) is 31.0. The van der Waals surface area contributed by atoms with Gasteiger partial charge in [-0.2, -0.15) is 0 Å². The van der Waals surface area contributed by atoms with E-state index in [0.717, 1.165) is 0 Å². The second kappa shape index (κ2) is 9.55. The Balaban J connectivity index is 0.000000216. The van der Waals surface area contributed by atoms with Gasteiger partial charge < -0.3 is 0 Å². The number of hydrogen-bond acceptors (Lipinski definition) is 0. The minimum absolute atomic E-state index is 0. The Labute approximate surface area is 143 Å². The Hall–Kier alpha value is -1.34. The number of aryl methyl sites for hydroxylation is 1. The van der Waals surface area contributed by atoms with Crippen LogP contribution in [-0.2, 0) is 0 Å². The molecular weight excluding hydrogens is 251 g/mol. The SMILES string of the molecule is Cc1ccccc1.[NaH].c1ccc(-c2ccccc2)cc1. The Kier molecular flexibility index (Phi) is 7.98. The van der Waals surface area contributed by atoms with Crippen LogP contribution in [0.1, 0.15) is 5.56 Å². The van der Waals surface area contributed by atoms with Crippen LogP contribution in [0.25, 0.3) is 11.1 Å². The summed E-state index contributed by atoms with van der Waals surface area (Å²) < 4.78 is 0. The molecule has 0 N–H and O–H groups in total. The second-order valence-electron chi connectivity index (χ2n) is 4.39. The van der Waals surface area contributed by atoms with E-state index in [1.807, 2.05) is 30.3 Å². The van der Waals surface area contributed by atoms with Crippen LogP contribution in [0, 0.1) is 6.92 Å². The van der Waals surface area contributed by atoms with Crippen molar-refractivity contribution in [3.05, 3.63) is 96.6 Å². The molecule has 0 spiro atoms. The van der Waals surface area contributed by atoms with Crippen molar-refractivity contribution in [2.45, 2.75) is 6.92 Å². The van der Waals surface area contributed by atoms with Crippen molar-refractivity contribution in [3.8, 4) is 11.1 Å². The smallest absolute Gasteiger partial charge is 0.0184 e. The van der Waals surface area contributed by atoms with Crippen LogP contribution in [-0.4, -0.2) is 29.6 Å². The van der Waals surface area contributed by atoms with Gasteiger partial charge in [0.05, 0.1) is 0 Å². The summed E-state index contributed by atoms with van der Waals surface area (Å²) in [5.74, 6) is 0. The summed E-state index contributed by atoms with van der Waals surface area (Å²) in [7, 11) is 0. The molecule has 0 nitrogen and oxygen atoms in total. The van der Waals surface area contributed by atoms with E-state index in [1.54, 1.807) is 0 Å². The molecule has 0 radical (unpaired) electrons. The molecule has 0 unspecified atom stereocenters. The van der Waals surface area contributed by atoms with Gasteiger partial charge in [-0.15, -0.1) is 0 Å². The topological polar surface area (TPSA) is 0 Å². The molecule has 0 aliphatic heterocycles. The summed E-state index contributed by atoms with van der Waals surface area (Å²) in [5.41, 5.74) is 3.87. The van der Waals surface area contributed by atoms with E-state index in [-0.39, 0.29) is 29.6 Å². The van der Waals surface area contributed by atoms with Gasteiger partial charge in [0.25, 0.3) is 0 Å². The molecule has 0 aliphatic rings. The fraction of sp³-hybridized carbons (Fsp3) is 0.0526. The van der Waals surface area contributed by atoms with Crippen molar-refractivity contribution in [1.82, 2.24) is 0 Å². The van der Waals surface area contributed by atoms with Crippen molar-refractivity contribution >= 4 is 29.6 Å². The molecule has 0 saturated carbocycles. The Morgan fingerprint density at radius 3 is 1.00 bits per heavy atom. The average molecular weight is 270 g/mol. The minimum atomic E-state index is 0. The predicted octanol–water partition coefficient (Wildman–Crippen LogP) is 4.70. The first kappa shape index (κ1) is 16.7. The van der Waals surface area contributed by atoms with Gasteiger partial charge in [0.1, 0.15) is 0 Å². The van der Waals surface area contributed by atoms with Gasteiger partial charge in [-0.25, -0.2) is 0 Å². The molecule has 0 aliphatic carbocycles. The molecule has 20 heavy (non-hydrogen) atoms. The third-order valence-corrected chi connectivity index (χ3v) is 2.82. The standard InChI is InChI=1S/C12H10.C7H8.Na.H/c1-3-7-11(8-4-1)12-9-5-2-6-10-12;1-7-5-3-2-4-6-7;;/h1-10H;2-6H,1H3;;. The predicted molar refractivity (Wildman–Crippen MR) is 90.2 cm³/mol. The quantitative estimate of drug-likeness (QED) is 0.562. The molecule has 3 aromatic rings. The van der Waals surface area contributed by atoms with Crippen molar-refractivity contribution in [1.29, 1.82) is 0 Å². The van der Waals surface area contributed by atoms with Crippen LogP contribution in [0.4, 0.5) is 0 Å². The molecule has 0 aromatic heterocycles. The van der Waals surface area contributed by atoms with Gasteiger partial charge in [0.15, 0.2) is 0 Å². The molecule has 0 fully saturated rings. The molecule has 0 heterocycles. The molecule has 0 amide bonds. The molecular formula is C19H19Na. The fourth-order valence-electron chi connectivity index (χ4n) is 1.80. The fourth-order valence-corrected chi connectivity index (χ4v) is 1.80. The van der Waals surface area contributed by atoms with E-state index < -0.39 is 0 Å². The normalized spacial score (nSPS) is 8.85. The number of benzene rings is 3. The third-order valence-electron chi connectivity index (χ3n) is 2.82. The Bertz CT molecular complexity index is 536. The van der Waals surface area contributed by atoms with Crippen molar-refractivity contribution in [2.75, 3.05) is 0 Å². The van der Waals surface area contributed by atoms with E-state index >= 15 is 0 Å². The molecule has 3 aromatic carbocycles. The van der Waals surface area contributed by atoms with Crippen LogP contribution < -0.4 is 0 Å². The van der Waals surface area contributed by atoms with E-state index in [0.29, 0.717) is 0 Å². The van der Waals surface area contributed by atoms with Crippen LogP contribution in [0.3, 0.4) is 0 Å². The first-order valence-electron chi connectivity index (χ1n) is 6.48. The molecule has 0 bridgehead atoms. The van der Waals surface area contributed by atoms with Crippen LogP contribution in [0.15, 0.2) is 91.0 Å². The number of rotatable bonds is 1. The van der Waals surface area contributed by atoms with Crippen molar-refractivity contribution < 1.29 is 0 Å². The largest absolute Gasteiger partial charge is 0.0622 e. The third kappa shape index (κ3) is 5.75. The van der Waals surface area contributed by atoms with E-state index in [9.17, 15) is 0 Å². The van der Waals surface area contributed by atoms with E-state index in [1.165, 1.54) is 16.7 Å². The van der Waals surface area contributed by atoms with Crippen molar-refractivity contribution in [3.63, 3.8) is 0 Å². The average Bonchev–Trinajstić information content (AvgIpc) is 2.51. The molecule has 3 rings (SSSR count). The maximum absolute atomic E-state index is 2.12. The van der Waals surface area contributed by atoms with Gasteiger partial charge in [-0.3, -0.25) is 0 Å². The van der Waals surface area contributed by atoms with Gasteiger partial charge in [0.2, 0.25) is 0 Å². The maximum atomic E-state index is 2.12. The minimum Gasteiger partial charge on any atom is -0.0622 e. The van der Waals surface area contributed by atoms with Gasteiger partial charge in [0, 0.05) is 0 Å². The molecule has 0 saturated heterocycles. The van der Waals surface area contributed by atoms with Crippen molar-refractivity contribution in [2.24, 2.45) is 0 Å². The molecule has 96 valence electrons. The molecule has 0 atom stereocenters. The summed E-state index contributed by atoms with van der Waals surface area (Å²) in [5, 5.41) is 0. The zero-order chi connectivity index (χ0) is 13.3. The monoisotopic (exact) mass is 270 g/mol. The Morgan fingerprint density at radius 2 is 0.750 bits per heavy atom. The first-order chi connectivity index (χ1) is 9.36. The van der Waals surface area contributed by atoms with E-state index in [2.05, 4.69) is 67.6 Å². The zero-order valence-corrected chi connectivity index (χ0v) is 11.2. The first-order valence-corrected chi connectivity index (χ1v) is 6.48. The Morgan fingerprint density at radius 1 is 0.450 bits per heavy atom. The molecule has 1 heteroatoms.